The lowest BCUT2D eigenvalue weighted by Gasteiger charge is -1.99. The van der Waals surface area contributed by atoms with E-state index in [4.69, 9.17) is 10.5 Å². The average molecular weight is 366 g/mol. The van der Waals surface area contributed by atoms with E-state index in [2.05, 4.69) is 20.1 Å². The van der Waals surface area contributed by atoms with Gasteiger partial charge in [-0.15, -0.1) is 11.3 Å². The number of ether oxygens (including phenoxy) is 1. The van der Waals surface area contributed by atoms with Crippen LogP contribution in [-0.2, 0) is 21.7 Å². The van der Waals surface area contributed by atoms with E-state index in [1.807, 2.05) is 5.38 Å². The third-order valence-corrected chi connectivity index (χ3v) is 5.01. The number of nitrogens with two attached hydrogens (primary N) is 1. The van der Waals surface area contributed by atoms with Crippen LogP contribution in [0.3, 0.4) is 0 Å². The van der Waals surface area contributed by atoms with Crippen molar-refractivity contribution >= 4 is 40.8 Å². The molecule has 0 aliphatic rings. The lowest BCUT2D eigenvalue weighted by atomic mass is 10.3. The number of nitrogen functional groups attached to an aromatic ring is 1. The first-order chi connectivity index (χ1) is 11.5. The Bertz CT molecular complexity index is 931. The molecule has 126 valence electrons. The van der Waals surface area contributed by atoms with Crippen LogP contribution in [-0.4, -0.2) is 37.1 Å². The van der Waals surface area contributed by atoms with E-state index in [0.717, 1.165) is 4.34 Å². The quantitative estimate of drug-likeness (QED) is 0.485. The Labute approximate surface area is 144 Å². The number of H-pyrrole nitrogens is 1. The lowest BCUT2D eigenvalue weighted by Crippen LogP contribution is -2.15. The number of carbonyl (C=O) groups excluding carboxylic acids is 1. The molecule has 0 radical (unpaired) electrons. The zero-order chi connectivity index (χ0) is 17.1. The Morgan fingerprint density at radius 3 is 3.04 bits per heavy atom. The van der Waals surface area contributed by atoms with Crippen LogP contribution in [0.4, 0.5) is 5.95 Å². The third kappa shape index (κ3) is 3.74. The summed E-state index contributed by atoms with van der Waals surface area (Å²) in [5, 5.41) is 4.43. The van der Waals surface area contributed by atoms with Gasteiger partial charge in [-0.1, -0.05) is 11.8 Å². The third-order valence-electron chi connectivity index (χ3n) is 2.91. The van der Waals surface area contributed by atoms with Gasteiger partial charge in [-0.2, -0.15) is 9.50 Å². The molecular weight excluding hydrogens is 352 g/mol. The first-order valence-corrected chi connectivity index (χ1v) is 8.88. The standard InChI is InChI=1S/C13H14N6O3S2/c1-2-22-10(21)4-8-6-24-13(16-8)23-5-7-3-9(20)19-12(15-7)17-11(14)18-19/h3,6H,2,4-5H2,1H3,(H3,14,15,17,18). The number of nitrogens with one attached hydrogen (secondary N) is 1. The van der Waals surface area contributed by atoms with Crippen molar-refractivity contribution in [1.29, 1.82) is 0 Å². The lowest BCUT2D eigenvalue weighted by molar-refractivity contribution is -0.142. The summed E-state index contributed by atoms with van der Waals surface area (Å²) in [6.07, 6.45) is 0.156. The van der Waals surface area contributed by atoms with Crippen molar-refractivity contribution < 1.29 is 9.53 Å². The van der Waals surface area contributed by atoms with Crippen LogP contribution in [0.15, 0.2) is 20.6 Å². The van der Waals surface area contributed by atoms with Gasteiger partial charge in [-0.3, -0.25) is 14.7 Å². The van der Waals surface area contributed by atoms with Gasteiger partial charge in [0.1, 0.15) is 0 Å². The number of anilines is 1. The normalized spacial score (nSPS) is 11.0. The Morgan fingerprint density at radius 2 is 2.25 bits per heavy atom. The first-order valence-electron chi connectivity index (χ1n) is 7.02. The second-order valence-corrected chi connectivity index (χ2v) is 6.79. The number of nitrogens with zero attached hydrogens (tertiary/aromatic N) is 4. The van der Waals surface area contributed by atoms with Crippen LogP contribution in [0.25, 0.3) is 5.78 Å². The Hall–Kier alpha value is -2.40. The average Bonchev–Trinajstić information content (AvgIpc) is 3.11. The molecule has 3 heterocycles. The minimum atomic E-state index is -0.296. The summed E-state index contributed by atoms with van der Waals surface area (Å²) < 4.78 is 6.87. The molecule has 3 N–H and O–H groups in total. The van der Waals surface area contributed by atoms with Crippen molar-refractivity contribution in [3.05, 3.63) is 33.2 Å². The number of thioether (sulfide) groups is 1. The zero-order valence-corrected chi connectivity index (χ0v) is 14.3. The number of carbonyl (C=O) groups is 1. The van der Waals surface area contributed by atoms with E-state index in [1.165, 1.54) is 33.7 Å². The van der Waals surface area contributed by atoms with E-state index < -0.39 is 0 Å². The van der Waals surface area contributed by atoms with Crippen molar-refractivity contribution in [2.45, 2.75) is 23.4 Å². The highest BCUT2D eigenvalue weighted by Crippen LogP contribution is 2.25. The molecule has 24 heavy (non-hydrogen) atoms. The minimum Gasteiger partial charge on any atom is -0.466 e. The maximum atomic E-state index is 11.9. The molecular formula is C13H14N6O3S2. The highest BCUT2D eigenvalue weighted by atomic mass is 32.2. The summed E-state index contributed by atoms with van der Waals surface area (Å²) in [7, 11) is 0. The van der Waals surface area contributed by atoms with Crippen molar-refractivity contribution in [2.24, 2.45) is 0 Å². The molecule has 3 rings (SSSR count). The van der Waals surface area contributed by atoms with Gasteiger partial charge in [0.05, 0.1) is 24.4 Å². The highest BCUT2D eigenvalue weighted by Gasteiger charge is 2.11. The summed E-state index contributed by atoms with van der Waals surface area (Å²) in [5.74, 6) is 0.534. The molecule has 0 saturated carbocycles. The number of aromatic amines is 1. The molecule has 0 unspecified atom stereocenters. The van der Waals surface area contributed by atoms with Gasteiger partial charge in [-0.05, 0) is 6.92 Å². The number of rotatable bonds is 6. The molecule has 11 heteroatoms. The summed E-state index contributed by atoms with van der Waals surface area (Å²) in [6.45, 7) is 2.12. The molecule has 0 spiro atoms. The van der Waals surface area contributed by atoms with Gasteiger partial charge >= 0.3 is 5.97 Å². The fourth-order valence-corrected chi connectivity index (χ4v) is 3.69. The smallest absolute Gasteiger partial charge is 0.311 e. The monoisotopic (exact) mass is 366 g/mol. The fourth-order valence-electron chi connectivity index (χ4n) is 1.95. The van der Waals surface area contributed by atoms with E-state index in [1.54, 1.807) is 6.92 Å². The molecule has 9 nitrogen and oxygen atoms in total. The van der Waals surface area contributed by atoms with Crippen LogP contribution in [0.2, 0.25) is 0 Å². The van der Waals surface area contributed by atoms with Gasteiger partial charge in [0.25, 0.3) is 11.3 Å². The molecule has 0 fully saturated rings. The Kier molecular flexibility index (Phi) is 4.81. The summed E-state index contributed by atoms with van der Waals surface area (Å²) in [6, 6.07) is 1.42. The second-order valence-electron chi connectivity index (χ2n) is 4.71. The minimum absolute atomic E-state index is 0.132. The number of hydrogen-bond acceptors (Lipinski definition) is 9. The van der Waals surface area contributed by atoms with E-state index in [9.17, 15) is 9.59 Å². The fraction of sp³-hybridized carbons (Fsp3) is 0.308. The summed E-state index contributed by atoms with van der Waals surface area (Å²) in [5.41, 5.74) is 6.50. The van der Waals surface area contributed by atoms with Crippen molar-refractivity contribution in [1.82, 2.24) is 24.6 Å². The Morgan fingerprint density at radius 1 is 1.42 bits per heavy atom. The molecule has 0 aliphatic carbocycles. The number of fused-ring (bicyclic) bond motifs is 1. The van der Waals surface area contributed by atoms with Crippen LogP contribution in [0, 0.1) is 0 Å². The predicted octanol–water partition coefficient (Wildman–Crippen LogP) is 0.854. The van der Waals surface area contributed by atoms with Gasteiger partial charge in [0, 0.05) is 17.2 Å². The Balaban J connectivity index is 1.67. The molecule has 0 amide bonds. The number of esters is 1. The molecule has 0 saturated heterocycles. The largest absolute Gasteiger partial charge is 0.466 e. The molecule has 0 aromatic carbocycles. The molecule has 0 bridgehead atoms. The molecule has 0 aliphatic heterocycles. The molecule has 0 atom stereocenters. The van der Waals surface area contributed by atoms with Gasteiger partial charge in [-0.25, -0.2) is 9.97 Å². The second kappa shape index (κ2) is 7.01. The van der Waals surface area contributed by atoms with Crippen molar-refractivity contribution in [2.75, 3.05) is 12.3 Å². The van der Waals surface area contributed by atoms with Crippen LogP contribution in [0.5, 0.6) is 0 Å². The van der Waals surface area contributed by atoms with Crippen LogP contribution < -0.4 is 11.3 Å². The van der Waals surface area contributed by atoms with E-state index >= 15 is 0 Å². The first kappa shape index (κ1) is 16.5. The van der Waals surface area contributed by atoms with E-state index in [-0.39, 0.29) is 29.7 Å². The summed E-state index contributed by atoms with van der Waals surface area (Å²) >= 11 is 2.87. The van der Waals surface area contributed by atoms with E-state index in [0.29, 0.717) is 23.7 Å². The highest BCUT2D eigenvalue weighted by molar-refractivity contribution is 8.00. The number of aromatic nitrogens is 5. The van der Waals surface area contributed by atoms with Crippen molar-refractivity contribution in [3.8, 4) is 0 Å². The zero-order valence-electron chi connectivity index (χ0n) is 12.7. The number of hydrogen-bond donors (Lipinski definition) is 2. The summed E-state index contributed by atoms with van der Waals surface area (Å²) in [4.78, 5) is 35.9. The van der Waals surface area contributed by atoms with Crippen LogP contribution >= 0.6 is 23.1 Å². The van der Waals surface area contributed by atoms with Gasteiger partial charge in [0.2, 0.25) is 5.95 Å². The SMILES string of the molecule is CCOC(=O)Cc1csc(SCc2cc(=O)n3[nH]c(N)nc3n2)n1. The number of thiazole rings is 1. The van der Waals surface area contributed by atoms with Crippen molar-refractivity contribution in [3.63, 3.8) is 0 Å². The maximum Gasteiger partial charge on any atom is 0.311 e. The topological polar surface area (TPSA) is 128 Å². The van der Waals surface area contributed by atoms with Gasteiger partial charge in [0.15, 0.2) is 4.34 Å². The van der Waals surface area contributed by atoms with Gasteiger partial charge < -0.3 is 10.5 Å². The predicted molar refractivity (Wildman–Crippen MR) is 90.0 cm³/mol. The molecule has 3 aromatic rings. The maximum absolute atomic E-state index is 11.9. The van der Waals surface area contributed by atoms with Crippen LogP contribution in [0.1, 0.15) is 18.3 Å². The molecule has 3 aromatic heterocycles.